The maximum atomic E-state index is 12.6. The zero-order valence-electron chi connectivity index (χ0n) is 16.0. The van der Waals surface area contributed by atoms with Gasteiger partial charge in [-0.05, 0) is 35.4 Å². The zero-order valence-corrected chi connectivity index (χ0v) is 17.5. The van der Waals surface area contributed by atoms with Crippen LogP contribution in [0.5, 0.6) is 0 Å². The largest absolute Gasteiger partial charge is 0.352 e. The normalized spacial score (nSPS) is 16.6. The smallest absolute Gasteiger partial charge is 0.225 e. The molecule has 150 valence electrons. The predicted octanol–water partition coefficient (Wildman–Crippen LogP) is 4.15. The van der Waals surface area contributed by atoms with Crippen molar-refractivity contribution in [2.45, 2.75) is 19.5 Å². The first-order valence-corrected chi connectivity index (χ1v) is 10.2. The molecule has 1 aliphatic heterocycles. The van der Waals surface area contributed by atoms with Crippen LogP contribution < -0.4 is 5.32 Å². The Labute approximate surface area is 179 Å². The topological polar surface area (TPSA) is 54.3 Å². The number of aromatic nitrogens is 1. The third-order valence-corrected chi connectivity index (χ3v) is 5.90. The van der Waals surface area contributed by atoms with Crippen molar-refractivity contribution in [3.63, 3.8) is 0 Å². The fraction of sp³-hybridized carbons (Fsp3) is 0.273. The molecule has 2 amide bonds. The lowest BCUT2D eigenvalue weighted by molar-refractivity contribution is -0.129. The lowest BCUT2D eigenvalue weighted by Crippen LogP contribution is -2.32. The molecule has 2 aromatic carbocycles. The molecule has 0 spiro atoms. The van der Waals surface area contributed by atoms with Crippen molar-refractivity contribution >= 4 is 45.9 Å². The number of likely N-dealkylation sites (tertiary alicyclic amines) is 1. The maximum Gasteiger partial charge on any atom is 0.225 e. The SMILES string of the molecule is Cn1cc(Cl)c2cc(CNC(=O)[C@H]3CC(=O)N(Cc4ccc(Cl)cc4)C3)ccc21. The fourth-order valence-electron chi connectivity index (χ4n) is 3.75. The molecule has 5 nitrogen and oxygen atoms in total. The van der Waals surface area contributed by atoms with Gasteiger partial charge in [-0.15, -0.1) is 0 Å². The quantitative estimate of drug-likeness (QED) is 0.661. The van der Waals surface area contributed by atoms with Gasteiger partial charge in [-0.2, -0.15) is 0 Å². The van der Waals surface area contributed by atoms with Crippen molar-refractivity contribution < 1.29 is 9.59 Å². The van der Waals surface area contributed by atoms with Crippen LogP contribution in [0.1, 0.15) is 17.5 Å². The summed E-state index contributed by atoms with van der Waals surface area (Å²) in [5.41, 5.74) is 3.02. The van der Waals surface area contributed by atoms with Crippen LogP contribution in [0.4, 0.5) is 0 Å². The van der Waals surface area contributed by atoms with E-state index in [9.17, 15) is 9.59 Å². The summed E-state index contributed by atoms with van der Waals surface area (Å²) < 4.78 is 1.97. The number of rotatable bonds is 5. The Hall–Kier alpha value is -2.50. The highest BCUT2D eigenvalue weighted by atomic mass is 35.5. The van der Waals surface area contributed by atoms with Gasteiger partial charge in [-0.1, -0.05) is 41.4 Å². The summed E-state index contributed by atoms with van der Waals surface area (Å²) >= 11 is 12.2. The van der Waals surface area contributed by atoms with E-state index < -0.39 is 0 Å². The van der Waals surface area contributed by atoms with E-state index in [-0.39, 0.29) is 24.2 Å². The van der Waals surface area contributed by atoms with Gasteiger partial charge in [0.2, 0.25) is 11.8 Å². The summed E-state index contributed by atoms with van der Waals surface area (Å²) in [7, 11) is 1.95. The van der Waals surface area contributed by atoms with Crippen LogP contribution in [-0.2, 0) is 29.7 Å². The number of halogens is 2. The number of fused-ring (bicyclic) bond motifs is 1. The molecule has 3 aromatic rings. The van der Waals surface area contributed by atoms with Crippen LogP contribution in [0.15, 0.2) is 48.7 Å². The van der Waals surface area contributed by atoms with Gasteiger partial charge in [0.1, 0.15) is 0 Å². The minimum atomic E-state index is -0.334. The molecule has 2 heterocycles. The fourth-order valence-corrected chi connectivity index (χ4v) is 4.17. The van der Waals surface area contributed by atoms with Gasteiger partial charge in [-0.25, -0.2) is 0 Å². The van der Waals surface area contributed by atoms with Crippen LogP contribution in [-0.4, -0.2) is 27.8 Å². The van der Waals surface area contributed by atoms with E-state index in [2.05, 4.69) is 5.32 Å². The summed E-state index contributed by atoms with van der Waals surface area (Å²) in [5, 5.41) is 5.27. The Kier molecular flexibility index (Phi) is 5.52. The Morgan fingerprint density at radius 2 is 1.86 bits per heavy atom. The van der Waals surface area contributed by atoms with Crippen molar-refractivity contribution in [3.8, 4) is 0 Å². The number of nitrogens with zero attached hydrogens (tertiary/aromatic N) is 2. The highest BCUT2D eigenvalue weighted by Gasteiger charge is 2.34. The van der Waals surface area contributed by atoms with Crippen LogP contribution in [0.3, 0.4) is 0 Å². The van der Waals surface area contributed by atoms with Gasteiger partial charge in [0.25, 0.3) is 0 Å². The highest BCUT2D eigenvalue weighted by molar-refractivity contribution is 6.35. The van der Waals surface area contributed by atoms with Gasteiger partial charge >= 0.3 is 0 Å². The van der Waals surface area contributed by atoms with E-state index >= 15 is 0 Å². The molecule has 1 N–H and O–H groups in total. The van der Waals surface area contributed by atoms with Crippen LogP contribution >= 0.6 is 23.2 Å². The first-order valence-electron chi connectivity index (χ1n) is 9.44. The minimum absolute atomic E-state index is 0.00223. The monoisotopic (exact) mass is 429 g/mol. The molecule has 0 aliphatic carbocycles. The molecular formula is C22H21Cl2N3O2. The van der Waals surface area contributed by atoms with Crippen molar-refractivity contribution in [2.24, 2.45) is 13.0 Å². The van der Waals surface area contributed by atoms with Gasteiger partial charge in [0.05, 0.1) is 10.9 Å². The molecule has 1 aliphatic rings. The van der Waals surface area contributed by atoms with Crippen LogP contribution in [0.25, 0.3) is 10.9 Å². The second kappa shape index (κ2) is 8.09. The lowest BCUT2D eigenvalue weighted by Gasteiger charge is -2.17. The number of hydrogen-bond acceptors (Lipinski definition) is 2. The predicted molar refractivity (Wildman–Crippen MR) is 115 cm³/mol. The van der Waals surface area contributed by atoms with Crippen molar-refractivity contribution in [2.75, 3.05) is 6.54 Å². The van der Waals surface area contributed by atoms with E-state index in [1.165, 1.54) is 0 Å². The molecule has 4 rings (SSSR count). The molecule has 1 atom stereocenters. The summed E-state index contributed by atoms with van der Waals surface area (Å²) in [4.78, 5) is 26.7. The van der Waals surface area contributed by atoms with Crippen molar-refractivity contribution in [3.05, 3.63) is 69.8 Å². The molecule has 1 fully saturated rings. The van der Waals surface area contributed by atoms with Gasteiger partial charge in [0.15, 0.2) is 0 Å². The van der Waals surface area contributed by atoms with E-state index in [4.69, 9.17) is 23.2 Å². The first kappa shape index (κ1) is 19.8. The Morgan fingerprint density at radius 3 is 2.62 bits per heavy atom. The Balaban J connectivity index is 1.36. The highest BCUT2D eigenvalue weighted by Crippen LogP contribution is 2.26. The number of hydrogen-bond donors (Lipinski definition) is 1. The second-order valence-corrected chi connectivity index (χ2v) is 8.30. The first-order chi connectivity index (χ1) is 13.9. The average molecular weight is 430 g/mol. The summed E-state index contributed by atoms with van der Waals surface area (Å²) in [6.07, 6.45) is 2.11. The average Bonchev–Trinajstić information content (AvgIpc) is 3.21. The minimum Gasteiger partial charge on any atom is -0.352 e. The lowest BCUT2D eigenvalue weighted by atomic mass is 10.1. The third kappa shape index (κ3) is 4.26. The molecular weight excluding hydrogens is 409 g/mol. The van der Waals surface area contributed by atoms with E-state index in [0.717, 1.165) is 22.0 Å². The summed E-state index contributed by atoms with van der Waals surface area (Å²) in [6, 6.07) is 13.4. The van der Waals surface area contributed by atoms with E-state index in [1.807, 2.05) is 48.1 Å². The van der Waals surface area contributed by atoms with Gasteiger partial charge in [-0.3, -0.25) is 9.59 Å². The molecule has 1 aromatic heterocycles. The number of benzene rings is 2. The van der Waals surface area contributed by atoms with E-state index in [0.29, 0.717) is 29.7 Å². The number of carbonyl (C=O) groups excluding carboxylic acids is 2. The van der Waals surface area contributed by atoms with Crippen molar-refractivity contribution in [1.29, 1.82) is 0 Å². The zero-order chi connectivity index (χ0) is 20.5. The number of amides is 2. The number of nitrogens with one attached hydrogen (secondary N) is 1. The summed E-state index contributed by atoms with van der Waals surface area (Å²) in [5.74, 6) is -0.437. The molecule has 0 unspecified atom stereocenters. The molecule has 0 bridgehead atoms. The van der Waals surface area contributed by atoms with Gasteiger partial charge < -0.3 is 14.8 Å². The van der Waals surface area contributed by atoms with Crippen LogP contribution in [0.2, 0.25) is 10.0 Å². The number of carbonyl (C=O) groups is 2. The van der Waals surface area contributed by atoms with Gasteiger partial charge in [0, 0.05) is 55.2 Å². The maximum absolute atomic E-state index is 12.6. The summed E-state index contributed by atoms with van der Waals surface area (Å²) in [6.45, 7) is 1.32. The Morgan fingerprint density at radius 1 is 1.14 bits per heavy atom. The Bertz CT molecular complexity index is 1080. The number of aryl methyl sites for hydroxylation is 1. The van der Waals surface area contributed by atoms with E-state index in [1.54, 1.807) is 17.0 Å². The van der Waals surface area contributed by atoms with Crippen LogP contribution in [0, 0.1) is 5.92 Å². The third-order valence-electron chi connectivity index (χ3n) is 5.34. The molecule has 0 saturated carbocycles. The second-order valence-electron chi connectivity index (χ2n) is 7.46. The molecule has 1 saturated heterocycles. The molecule has 0 radical (unpaired) electrons. The standard InChI is InChI=1S/C22H21Cl2N3O2/c1-26-13-19(24)18-8-15(4-7-20(18)26)10-25-22(29)16-9-21(28)27(12-16)11-14-2-5-17(23)6-3-14/h2-8,13,16H,9-12H2,1H3,(H,25,29)/t16-/m0/s1. The van der Waals surface area contributed by atoms with Crippen molar-refractivity contribution in [1.82, 2.24) is 14.8 Å². The molecule has 29 heavy (non-hydrogen) atoms. The molecule has 7 heteroatoms.